The molecule has 6 aromatic carbocycles. The molecule has 282 valence electrons. The largest absolute Gasteiger partial charge is 0.457 e. The molecule has 2 aliphatic heterocycles. The van der Waals surface area contributed by atoms with Gasteiger partial charge >= 0.3 is 0 Å². The molecule has 59 heavy (non-hydrogen) atoms. The Balaban J connectivity index is 1.11. The molecule has 1 aliphatic carbocycles. The van der Waals surface area contributed by atoms with Gasteiger partial charge in [0, 0.05) is 63.4 Å². The topological polar surface area (TPSA) is 44.9 Å². The van der Waals surface area contributed by atoms with Crippen LogP contribution in [0.2, 0.25) is 0 Å². The standard InChI is InChI=1S/C53H40N4OSi/c1-53(2)45-23-10-12-25-49(45)58-50-33-43-42-22-14-28-54-52(42)57(48(43)34-46(50)53)35-15-13-20-38(31-35)59(36-16-5-3-6-17-36,37-18-7-4-8-19-37)39-26-27-40-41-21-9-11-24-47(41)56-30-29-55-51(56)44(40)32-39/h3-34,40,44H,1-2H3. The van der Waals surface area contributed by atoms with Crippen LogP contribution in [0.4, 0.5) is 0 Å². The van der Waals surface area contributed by atoms with Crippen LogP contribution in [0, 0.1) is 0 Å². The number of imidazole rings is 1. The molecule has 9 aromatic rings. The lowest BCUT2D eigenvalue weighted by atomic mass is 9.75. The minimum absolute atomic E-state index is 0.0887. The predicted molar refractivity (Wildman–Crippen MR) is 241 cm³/mol. The number of hydrogen-bond donors (Lipinski definition) is 0. The van der Waals surface area contributed by atoms with Gasteiger partial charge in [0.1, 0.15) is 23.0 Å². The number of aromatic nitrogens is 4. The number of ether oxygens (including phenoxy) is 1. The Bertz CT molecular complexity index is 3150. The van der Waals surface area contributed by atoms with Gasteiger partial charge in [0.05, 0.1) is 11.2 Å². The highest BCUT2D eigenvalue weighted by molar-refractivity contribution is 7.16. The zero-order valence-electron chi connectivity index (χ0n) is 32.8. The quantitative estimate of drug-likeness (QED) is 0.129. The molecule has 12 rings (SSSR count). The van der Waals surface area contributed by atoms with Crippen molar-refractivity contribution in [1.29, 1.82) is 0 Å². The van der Waals surface area contributed by atoms with Gasteiger partial charge in [-0.25, -0.2) is 9.97 Å². The second-order valence-electron chi connectivity index (χ2n) is 16.6. The Kier molecular flexibility index (Phi) is 7.35. The Morgan fingerprint density at radius 3 is 2.19 bits per heavy atom. The van der Waals surface area contributed by atoms with Gasteiger partial charge in [0.2, 0.25) is 0 Å². The molecule has 2 atom stereocenters. The maximum absolute atomic E-state index is 6.65. The molecule has 0 N–H and O–H groups in total. The molecule has 3 aliphatic rings. The third kappa shape index (κ3) is 4.84. The molecule has 6 heteroatoms. The lowest BCUT2D eigenvalue weighted by molar-refractivity contribution is 0.419. The second-order valence-corrected chi connectivity index (χ2v) is 20.4. The van der Waals surface area contributed by atoms with Crippen LogP contribution >= 0.6 is 0 Å². The van der Waals surface area contributed by atoms with E-state index in [1.54, 1.807) is 0 Å². The number of pyridine rings is 1. The van der Waals surface area contributed by atoms with Crippen LogP contribution in [0.15, 0.2) is 200 Å². The number of allylic oxidation sites excluding steroid dienone is 4. The molecule has 0 amide bonds. The van der Waals surface area contributed by atoms with Crippen LogP contribution in [0.5, 0.6) is 11.5 Å². The third-order valence-corrected chi connectivity index (χ3v) is 18.0. The molecule has 0 saturated carbocycles. The van der Waals surface area contributed by atoms with Gasteiger partial charge in [-0.3, -0.25) is 4.57 Å². The van der Waals surface area contributed by atoms with E-state index in [0.717, 1.165) is 44.9 Å². The fourth-order valence-corrected chi connectivity index (χ4v) is 15.4. The van der Waals surface area contributed by atoms with Crippen molar-refractivity contribution in [2.75, 3.05) is 0 Å². The molecule has 0 fully saturated rings. The second kappa shape index (κ2) is 12.7. The zero-order valence-corrected chi connectivity index (χ0v) is 33.8. The van der Waals surface area contributed by atoms with Crippen molar-refractivity contribution in [3.05, 3.63) is 222 Å². The Morgan fingerprint density at radius 2 is 1.36 bits per heavy atom. The predicted octanol–water partition coefficient (Wildman–Crippen LogP) is 10.2. The first kappa shape index (κ1) is 34.1. The van der Waals surface area contributed by atoms with E-state index in [-0.39, 0.29) is 17.3 Å². The van der Waals surface area contributed by atoms with Crippen molar-refractivity contribution in [2.45, 2.75) is 31.1 Å². The molecule has 5 nitrogen and oxygen atoms in total. The van der Waals surface area contributed by atoms with Crippen LogP contribution in [0.3, 0.4) is 0 Å². The third-order valence-electron chi connectivity index (χ3n) is 13.2. The lowest BCUT2D eigenvalue weighted by Crippen LogP contribution is -2.68. The van der Waals surface area contributed by atoms with E-state index in [1.165, 1.54) is 43.1 Å². The molecule has 0 radical (unpaired) electrons. The van der Waals surface area contributed by atoms with E-state index in [0.29, 0.717) is 0 Å². The average Bonchev–Trinajstić information content (AvgIpc) is 3.91. The summed E-state index contributed by atoms with van der Waals surface area (Å²) in [6, 6.07) is 57.8. The molecule has 0 bridgehead atoms. The normalized spacial score (nSPS) is 17.3. The summed E-state index contributed by atoms with van der Waals surface area (Å²) in [4.78, 5) is 10.1. The Hall–Kier alpha value is -7.02. The molecule has 3 aromatic heterocycles. The summed E-state index contributed by atoms with van der Waals surface area (Å²) in [7, 11) is -2.97. The van der Waals surface area contributed by atoms with Gasteiger partial charge in [-0.2, -0.15) is 0 Å². The molecule has 2 unspecified atom stereocenters. The first-order valence-corrected chi connectivity index (χ1v) is 22.5. The van der Waals surface area contributed by atoms with Crippen molar-refractivity contribution >= 4 is 45.6 Å². The number of hydrogen-bond acceptors (Lipinski definition) is 3. The van der Waals surface area contributed by atoms with Gasteiger partial charge in [-0.15, -0.1) is 0 Å². The molecule has 5 heterocycles. The molecular weight excluding hydrogens is 737 g/mol. The van der Waals surface area contributed by atoms with E-state index in [4.69, 9.17) is 14.7 Å². The van der Waals surface area contributed by atoms with Crippen molar-refractivity contribution < 1.29 is 4.74 Å². The Labute approximate surface area is 344 Å². The molecule has 0 spiro atoms. The first-order valence-electron chi connectivity index (χ1n) is 20.5. The summed E-state index contributed by atoms with van der Waals surface area (Å²) < 4.78 is 11.3. The summed E-state index contributed by atoms with van der Waals surface area (Å²) in [6.07, 6.45) is 13.4. The first-order chi connectivity index (χ1) is 29.0. The molecule has 0 saturated heterocycles. The minimum Gasteiger partial charge on any atom is -0.457 e. The highest BCUT2D eigenvalue weighted by Gasteiger charge is 2.46. The summed E-state index contributed by atoms with van der Waals surface area (Å²) in [5, 5.41) is 7.56. The number of fused-ring (bicyclic) bond motifs is 11. The van der Waals surface area contributed by atoms with E-state index in [1.807, 2.05) is 18.5 Å². The number of para-hydroxylation sites is 2. The smallest absolute Gasteiger partial charge is 0.179 e. The van der Waals surface area contributed by atoms with Crippen molar-refractivity contribution in [3.8, 4) is 22.9 Å². The molecular formula is C53H40N4OSi. The van der Waals surface area contributed by atoms with Crippen molar-refractivity contribution in [1.82, 2.24) is 19.1 Å². The van der Waals surface area contributed by atoms with Crippen molar-refractivity contribution in [3.63, 3.8) is 0 Å². The lowest BCUT2D eigenvalue weighted by Gasteiger charge is -2.40. The van der Waals surface area contributed by atoms with Crippen LogP contribution in [-0.4, -0.2) is 27.2 Å². The SMILES string of the molecule is CC1(C)c2ccccc2Oc2cc3c4cccnc4n(-c4cccc([Si](C5=CC6c7nccn7-c7ccccc7C6C=C5)(c5ccccc5)c5ccccc5)c4)c3cc21. The van der Waals surface area contributed by atoms with Gasteiger partial charge in [-0.1, -0.05) is 141 Å². The van der Waals surface area contributed by atoms with Crippen molar-refractivity contribution in [2.24, 2.45) is 0 Å². The highest BCUT2D eigenvalue weighted by Crippen LogP contribution is 2.50. The fourth-order valence-electron chi connectivity index (χ4n) is 10.5. The van der Waals surface area contributed by atoms with Gasteiger partial charge in [-0.05, 0) is 74.9 Å². The van der Waals surface area contributed by atoms with Crippen LogP contribution in [0.25, 0.3) is 33.3 Å². The fraction of sp³-hybridized carbons (Fsp3) is 0.0943. The van der Waals surface area contributed by atoms with E-state index >= 15 is 0 Å². The van der Waals surface area contributed by atoms with Gasteiger partial charge in [0.15, 0.2) is 8.07 Å². The number of nitrogens with zero attached hydrogens (tertiary/aromatic N) is 4. The van der Waals surface area contributed by atoms with Crippen LogP contribution < -0.4 is 20.3 Å². The summed E-state index contributed by atoms with van der Waals surface area (Å²) in [5.74, 6) is 3.19. The van der Waals surface area contributed by atoms with Crippen LogP contribution in [-0.2, 0) is 5.41 Å². The highest BCUT2D eigenvalue weighted by atomic mass is 28.3. The summed E-state index contributed by atoms with van der Waals surface area (Å²) >= 11 is 0. The van der Waals surface area contributed by atoms with E-state index in [2.05, 4.69) is 199 Å². The maximum Gasteiger partial charge on any atom is 0.179 e. The monoisotopic (exact) mass is 776 g/mol. The number of rotatable bonds is 5. The zero-order chi connectivity index (χ0) is 39.3. The Morgan fingerprint density at radius 1 is 0.610 bits per heavy atom. The van der Waals surface area contributed by atoms with E-state index < -0.39 is 8.07 Å². The summed E-state index contributed by atoms with van der Waals surface area (Å²) in [5.41, 5.74) is 7.77. The van der Waals surface area contributed by atoms with Gasteiger partial charge in [0.25, 0.3) is 0 Å². The minimum atomic E-state index is -2.97. The van der Waals surface area contributed by atoms with Crippen LogP contribution in [0.1, 0.15) is 48.2 Å². The maximum atomic E-state index is 6.65. The van der Waals surface area contributed by atoms with E-state index in [9.17, 15) is 0 Å². The average molecular weight is 777 g/mol. The summed E-state index contributed by atoms with van der Waals surface area (Å²) in [6.45, 7) is 4.61. The van der Waals surface area contributed by atoms with Gasteiger partial charge < -0.3 is 9.30 Å². The number of benzene rings is 6.